The molecule has 1 amide bonds. The van der Waals surface area contributed by atoms with Crippen molar-refractivity contribution in [3.8, 4) is 17.2 Å². The smallest absolute Gasteiger partial charge is 0.272 e. The number of rotatable bonds is 3. The van der Waals surface area contributed by atoms with Crippen LogP contribution in [0, 0.1) is 6.92 Å². The predicted octanol–water partition coefficient (Wildman–Crippen LogP) is 4.22. The quantitative estimate of drug-likeness (QED) is 0.534. The second kappa shape index (κ2) is 7.06. The molecule has 4 heterocycles. The highest BCUT2D eigenvalue weighted by Gasteiger charge is 2.33. The Morgan fingerprint density at radius 1 is 1.24 bits per heavy atom. The van der Waals surface area contributed by atoms with Crippen LogP contribution in [-0.2, 0) is 4.79 Å². The van der Waals surface area contributed by atoms with Gasteiger partial charge < -0.3 is 5.32 Å². The molecular formula is C20H15ClN6OS. The molecule has 1 atom stereocenters. The zero-order chi connectivity index (χ0) is 20.0. The number of anilines is 1. The Hall–Kier alpha value is -3.10. The number of aryl methyl sites for hydroxylation is 1. The van der Waals surface area contributed by atoms with Gasteiger partial charge in [-0.15, -0.1) is 5.10 Å². The molecule has 1 N–H and O–H groups in total. The van der Waals surface area contributed by atoms with Gasteiger partial charge >= 0.3 is 0 Å². The van der Waals surface area contributed by atoms with Gasteiger partial charge in [-0.1, -0.05) is 23.7 Å². The van der Waals surface area contributed by atoms with Crippen molar-refractivity contribution < 1.29 is 4.79 Å². The van der Waals surface area contributed by atoms with Crippen LogP contribution in [0.1, 0.15) is 29.2 Å². The molecule has 144 valence electrons. The fourth-order valence-corrected chi connectivity index (χ4v) is 4.43. The van der Waals surface area contributed by atoms with Crippen molar-refractivity contribution in [1.82, 2.24) is 25.0 Å². The number of thiophene rings is 1. The predicted molar refractivity (Wildman–Crippen MR) is 112 cm³/mol. The standard InChI is InChI=1S/C20H15ClN6OS/c1-11-18-15(13-6-7-29-10-13)8-17(28)24-19(18)27(26-11)20-23-16(9-22-25-20)12-2-4-14(21)5-3-12/h2-7,9-10,15H,8H2,1H3,(H,24,28)/t15-/m1/s1. The van der Waals surface area contributed by atoms with E-state index in [2.05, 4.69) is 31.0 Å². The van der Waals surface area contributed by atoms with E-state index < -0.39 is 0 Å². The van der Waals surface area contributed by atoms with Crippen molar-refractivity contribution in [2.75, 3.05) is 5.32 Å². The first-order valence-corrected chi connectivity index (χ1v) is 10.3. The van der Waals surface area contributed by atoms with Gasteiger partial charge in [0.1, 0.15) is 5.82 Å². The van der Waals surface area contributed by atoms with Gasteiger partial charge in [-0.05, 0) is 41.4 Å². The van der Waals surface area contributed by atoms with Crippen molar-refractivity contribution in [2.24, 2.45) is 0 Å². The maximum atomic E-state index is 12.4. The second-order valence-electron chi connectivity index (χ2n) is 6.77. The highest BCUT2D eigenvalue weighted by molar-refractivity contribution is 7.08. The van der Waals surface area contributed by atoms with Crippen molar-refractivity contribution in [3.63, 3.8) is 0 Å². The van der Waals surface area contributed by atoms with Crippen LogP contribution < -0.4 is 5.32 Å². The fourth-order valence-electron chi connectivity index (χ4n) is 3.59. The molecular weight excluding hydrogens is 408 g/mol. The summed E-state index contributed by atoms with van der Waals surface area (Å²) in [5.41, 5.74) is 4.44. The van der Waals surface area contributed by atoms with Crippen molar-refractivity contribution in [2.45, 2.75) is 19.3 Å². The van der Waals surface area contributed by atoms with Crippen molar-refractivity contribution >= 4 is 34.7 Å². The molecule has 1 aliphatic heterocycles. The van der Waals surface area contributed by atoms with E-state index in [4.69, 9.17) is 11.6 Å². The topological polar surface area (TPSA) is 85.6 Å². The summed E-state index contributed by atoms with van der Waals surface area (Å²) in [4.78, 5) is 17.0. The Morgan fingerprint density at radius 3 is 2.83 bits per heavy atom. The van der Waals surface area contributed by atoms with E-state index >= 15 is 0 Å². The van der Waals surface area contributed by atoms with Crippen LogP contribution in [0.3, 0.4) is 0 Å². The monoisotopic (exact) mass is 422 g/mol. The van der Waals surface area contributed by atoms with Gasteiger partial charge in [-0.25, -0.2) is 4.98 Å². The largest absolute Gasteiger partial charge is 0.310 e. The molecule has 7 nitrogen and oxygen atoms in total. The number of benzene rings is 1. The first-order chi connectivity index (χ1) is 14.1. The van der Waals surface area contributed by atoms with Crippen LogP contribution in [-0.4, -0.2) is 30.9 Å². The molecule has 0 aliphatic carbocycles. The summed E-state index contributed by atoms with van der Waals surface area (Å²) in [6.45, 7) is 1.93. The molecule has 0 bridgehead atoms. The highest BCUT2D eigenvalue weighted by Crippen LogP contribution is 2.40. The minimum absolute atomic E-state index is 0.0360. The number of carbonyl (C=O) groups excluding carboxylic acids is 1. The van der Waals surface area contributed by atoms with Crippen LogP contribution in [0.2, 0.25) is 5.02 Å². The Labute approximate surface area is 175 Å². The van der Waals surface area contributed by atoms with Crippen LogP contribution >= 0.6 is 22.9 Å². The van der Waals surface area contributed by atoms with E-state index in [0.29, 0.717) is 28.9 Å². The Bertz CT molecular complexity index is 1200. The van der Waals surface area contributed by atoms with E-state index in [1.54, 1.807) is 34.3 Å². The van der Waals surface area contributed by atoms with Crippen LogP contribution in [0.5, 0.6) is 0 Å². The summed E-state index contributed by atoms with van der Waals surface area (Å²) in [7, 11) is 0. The lowest BCUT2D eigenvalue weighted by molar-refractivity contribution is -0.116. The number of carbonyl (C=O) groups is 1. The van der Waals surface area contributed by atoms with Crippen molar-refractivity contribution in [3.05, 3.63) is 69.1 Å². The van der Waals surface area contributed by atoms with Crippen LogP contribution in [0.15, 0.2) is 47.3 Å². The molecule has 0 fully saturated rings. The third-order valence-corrected chi connectivity index (χ3v) is 5.88. The molecule has 0 saturated carbocycles. The lowest BCUT2D eigenvalue weighted by atomic mass is 9.87. The molecule has 0 radical (unpaired) electrons. The zero-order valence-corrected chi connectivity index (χ0v) is 16.9. The van der Waals surface area contributed by atoms with Gasteiger partial charge in [-0.2, -0.15) is 26.2 Å². The number of hydrogen-bond donors (Lipinski definition) is 1. The van der Waals surface area contributed by atoms with Crippen molar-refractivity contribution in [1.29, 1.82) is 0 Å². The molecule has 5 rings (SSSR count). The number of halogens is 1. The Balaban J connectivity index is 1.62. The van der Waals surface area contributed by atoms with E-state index in [1.165, 1.54) is 0 Å². The first kappa shape index (κ1) is 18.0. The van der Waals surface area contributed by atoms with Gasteiger partial charge in [-0.3, -0.25) is 4.79 Å². The van der Waals surface area contributed by atoms with Crippen LogP contribution in [0.25, 0.3) is 17.2 Å². The first-order valence-electron chi connectivity index (χ1n) is 8.97. The van der Waals surface area contributed by atoms with Gasteiger partial charge in [0.05, 0.1) is 17.6 Å². The lowest BCUT2D eigenvalue weighted by Crippen LogP contribution is -2.25. The summed E-state index contributed by atoms with van der Waals surface area (Å²) in [6.07, 6.45) is 1.97. The number of amides is 1. The third kappa shape index (κ3) is 3.20. The average Bonchev–Trinajstić information content (AvgIpc) is 3.37. The Kier molecular flexibility index (Phi) is 4.37. The minimum Gasteiger partial charge on any atom is -0.310 e. The molecule has 29 heavy (non-hydrogen) atoms. The lowest BCUT2D eigenvalue weighted by Gasteiger charge is -2.23. The summed E-state index contributed by atoms with van der Waals surface area (Å²) in [6, 6.07) is 9.38. The summed E-state index contributed by atoms with van der Waals surface area (Å²) >= 11 is 7.59. The van der Waals surface area contributed by atoms with E-state index in [0.717, 1.165) is 22.4 Å². The Morgan fingerprint density at radius 2 is 2.07 bits per heavy atom. The van der Waals surface area contributed by atoms with Crippen LogP contribution in [0.4, 0.5) is 5.82 Å². The normalized spacial score (nSPS) is 15.8. The zero-order valence-electron chi connectivity index (χ0n) is 15.3. The van der Waals surface area contributed by atoms with Gasteiger partial charge in [0, 0.05) is 28.5 Å². The molecule has 3 aromatic heterocycles. The van der Waals surface area contributed by atoms with Gasteiger partial charge in [0.2, 0.25) is 5.91 Å². The molecule has 0 spiro atoms. The molecule has 1 aliphatic rings. The van der Waals surface area contributed by atoms with Gasteiger partial charge in [0.15, 0.2) is 0 Å². The maximum absolute atomic E-state index is 12.4. The number of nitrogens with zero attached hydrogens (tertiary/aromatic N) is 5. The molecule has 9 heteroatoms. The van der Waals surface area contributed by atoms with E-state index in [-0.39, 0.29) is 11.8 Å². The summed E-state index contributed by atoms with van der Waals surface area (Å²) in [5.74, 6) is 0.806. The number of fused-ring (bicyclic) bond motifs is 1. The third-order valence-electron chi connectivity index (χ3n) is 4.93. The highest BCUT2D eigenvalue weighted by atomic mass is 35.5. The van der Waals surface area contributed by atoms with Gasteiger partial charge in [0.25, 0.3) is 5.95 Å². The molecule has 4 aromatic rings. The second-order valence-corrected chi connectivity index (χ2v) is 7.99. The van der Waals surface area contributed by atoms with E-state index in [9.17, 15) is 4.79 Å². The molecule has 0 unspecified atom stereocenters. The SMILES string of the molecule is Cc1nn(-c2nncc(-c3ccc(Cl)cc3)n2)c2c1[C@@H](c1ccsc1)CC(=O)N2. The van der Waals surface area contributed by atoms with E-state index in [1.807, 2.05) is 30.5 Å². The summed E-state index contributed by atoms with van der Waals surface area (Å²) < 4.78 is 1.56. The average molecular weight is 423 g/mol. The minimum atomic E-state index is -0.0586. The summed E-state index contributed by atoms with van der Waals surface area (Å²) in [5, 5.41) is 20.5. The fraction of sp³-hybridized carbons (Fsp3) is 0.150. The number of aromatic nitrogens is 5. The number of hydrogen-bond acceptors (Lipinski definition) is 6. The molecule has 0 saturated heterocycles. The maximum Gasteiger partial charge on any atom is 0.272 e. The molecule has 1 aromatic carbocycles. The number of nitrogens with one attached hydrogen (secondary N) is 1.